The maximum Gasteiger partial charge on any atom is 0.246 e. The van der Waals surface area contributed by atoms with E-state index < -0.39 is 15.9 Å². The maximum atomic E-state index is 12.8. The van der Waals surface area contributed by atoms with E-state index in [1.807, 2.05) is 6.92 Å². The van der Waals surface area contributed by atoms with E-state index in [9.17, 15) is 13.2 Å². The Balaban J connectivity index is 2.17. The molecule has 140 valence electrons. The molecule has 0 spiro atoms. The smallest absolute Gasteiger partial charge is 0.246 e. The molecule has 1 amide bonds. The number of hydrogen-bond acceptors (Lipinski definition) is 4. The third kappa shape index (κ3) is 4.55. The predicted octanol–water partition coefficient (Wildman–Crippen LogP) is 3.22. The summed E-state index contributed by atoms with van der Waals surface area (Å²) in [5.74, 6) is -0.240. The predicted molar refractivity (Wildman–Crippen MR) is 102 cm³/mol. The first-order chi connectivity index (χ1) is 12.1. The quantitative estimate of drug-likeness (QED) is 0.813. The molecule has 26 heavy (non-hydrogen) atoms. The molecule has 0 fully saturated rings. The summed E-state index contributed by atoms with van der Waals surface area (Å²) < 4.78 is 31.7. The molecule has 0 aromatic heterocycles. The first-order valence-corrected chi connectivity index (χ1v) is 9.64. The summed E-state index contributed by atoms with van der Waals surface area (Å²) in [7, 11) is -1.14. The molecular weight excluding hydrogens is 376 g/mol. The number of aryl methyl sites for hydroxylation is 2. The molecule has 0 radical (unpaired) electrons. The van der Waals surface area contributed by atoms with Gasteiger partial charge in [-0.3, -0.25) is 4.79 Å². The Hall–Kier alpha value is -2.09. The van der Waals surface area contributed by atoms with Gasteiger partial charge in [-0.25, -0.2) is 8.42 Å². The number of halogens is 1. The van der Waals surface area contributed by atoms with Crippen LogP contribution in [-0.2, 0) is 14.8 Å². The van der Waals surface area contributed by atoms with Crippen molar-refractivity contribution in [3.8, 4) is 5.75 Å². The summed E-state index contributed by atoms with van der Waals surface area (Å²) >= 11 is 6.03. The lowest BCUT2D eigenvalue weighted by Gasteiger charge is -2.19. The minimum atomic E-state index is -3.89. The van der Waals surface area contributed by atoms with Crippen LogP contribution in [0.1, 0.15) is 11.1 Å². The van der Waals surface area contributed by atoms with Crippen LogP contribution in [0.3, 0.4) is 0 Å². The van der Waals surface area contributed by atoms with E-state index in [1.54, 1.807) is 37.3 Å². The Morgan fingerprint density at radius 3 is 2.50 bits per heavy atom. The van der Waals surface area contributed by atoms with Crippen LogP contribution in [0.25, 0.3) is 0 Å². The average molecular weight is 397 g/mol. The van der Waals surface area contributed by atoms with Gasteiger partial charge in [0.25, 0.3) is 0 Å². The Bertz CT molecular complexity index is 929. The molecule has 0 atom stereocenters. The molecule has 0 saturated carbocycles. The summed E-state index contributed by atoms with van der Waals surface area (Å²) in [6.07, 6.45) is 0. The third-order valence-corrected chi connectivity index (χ3v) is 6.06. The summed E-state index contributed by atoms with van der Waals surface area (Å²) in [5.41, 5.74) is 2.16. The molecule has 1 N–H and O–H groups in total. The number of anilines is 1. The van der Waals surface area contributed by atoms with E-state index >= 15 is 0 Å². The first-order valence-electron chi connectivity index (χ1n) is 7.82. The number of carbonyl (C=O) groups excluding carboxylic acids is 1. The highest BCUT2D eigenvalue weighted by atomic mass is 35.5. The van der Waals surface area contributed by atoms with Crippen molar-refractivity contribution in [1.29, 1.82) is 0 Å². The molecule has 0 aliphatic carbocycles. The number of methoxy groups -OCH3 is 1. The monoisotopic (exact) mass is 396 g/mol. The van der Waals surface area contributed by atoms with Crippen LogP contribution >= 0.6 is 11.6 Å². The molecule has 2 aromatic rings. The molecule has 2 rings (SSSR count). The van der Waals surface area contributed by atoms with Gasteiger partial charge in [0.05, 0.1) is 13.7 Å². The fourth-order valence-electron chi connectivity index (χ4n) is 2.31. The molecular formula is C18H21ClN2O4S. The lowest BCUT2D eigenvalue weighted by molar-refractivity contribution is -0.116. The number of rotatable bonds is 6. The third-order valence-electron chi connectivity index (χ3n) is 3.83. The van der Waals surface area contributed by atoms with Crippen molar-refractivity contribution in [3.05, 3.63) is 52.5 Å². The number of ether oxygens (including phenoxy) is 1. The number of sulfonamides is 1. The highest BCUT2D eigenvalue weighted by Gasteiger charge is 2.26. The fourth-order valence-corrected chi connectivity index (χ4v) is 3.86. The largest absolute Gasteiger partial charge is 0.495 e. The lowest BCUT2D eigenvalue weighted by atomic mass is 10.2. The van der Waals surface area contributed by atoms with Crippen LogP contribution < -0.4 is 10.1 Å². The van der Waals surface area contributed by atoms with Crippen molar-refractivity contribution in [2.24, 2.45) is 0 Å². The van der Waals surface area contributed by atoms with E-state index in [1.165, 1.54) is 20.2 Å². The van der Waals surface area contributed by atoms with Gasteiger partial charge in [0.2, 0.25) is 15.9 Å². The molecule has 8 heteroatoms. The van der Waals surface area contributed by atoms with Gasteiger partial charge in [-0.15, -0.1) is 0 Å². The molecule has 0 unspecified atom stereocenters. The van der Waals surface area contributed by atoms with E-state index in [-0.39, 0.29) is 17.2 Å². The van der Waals surface area contributed by atoms with E-state index in [2.05, 4.69) is 5.32 Å². The van der Waals surface area contributed by atoms with Crippen LogP contribution in [0.4, 0.5) is 5.69 Å². The SMILES string of the molecule is COc1ccc(C)cc1S(=O)(=O)N(C)CC(=O)Nc1ccc(C)c(Cl)c1. The standard InChI is InChI=1S/C18H21ClN2O4S/c1-12-5-8-16(25-4)17(9-12)26(23,24)21(3)11-18(22)20-14-7-6-13(2)15(19)10-14/h5-10H,11H2,1-4H3,(H,20,22). The Labute approximate surface area is 158 Å². The van der Waals surface area contributed by atoms with Crippen molar-refractivity contribution in [2.45, 2.75) is 18.7 Å². The molecule has 0 heterocycles. The first kappa shape index (κ1) is 20.2. The number of hydrogen-bond donors (Lipinski definition) is 1. The zero-order chi connectivity index (χ0) is 19.5. The van der Waals surface area contributed by atoms with Crippen LogP contribution in [0, 0.1) is 13.8 Å². The van der Waals surface area contributed by atoms with Crippen LogP contribution in [0.15, 0.2) is 41.3 Å². The normalized spacial score (nSPS) is 11.5. The van der Waals surface area contributed by atoms with Crippen LogP contribution in [-0.4, -0.2) is 39.3 Å². The number of amides is 1. The van der Waals surface area contributed by atoms with Gasteiger partial charge >= 0.3 is 0 Å². The van der Waals surface area contributed by atoms with Crippen LogP contribution in [0.5, 0.6) is 5.75 Å². The molecule has 0 aliphatic heterocycles. The second kappa shape index (κ2) is 8.07. The van der Waals surface area contributed by atoms with Crippen molar-refractivity contribution < 1.29 is 17.9 Å². The van der Waals surface area contributed by atoms with E-state index in [4.69, 9.17) is 16.3 Å². The topological polar surface area (TPSA) is 75.7 Å². The van der Waals surface area contributed by atoms with E-state index in [0.717, 1.165) is 15.4 Å². The Kier molecular flexibility index (Phi) is 6.28. The van der Waals surface area contributed by atoms with Crippen molar-refractivity contribution in [1.82, 2.24) is 4.31 Å². The second-order valence-electron chi connectivity index (χ2n) is 5.93. The van der Waals surface area contributed by atoms with Crippen molar-refractivity contribution in [2.75, 3.05) is 26.0 Å². The number of nitrogens with one attached hydrogen (secondary N) is 1. The van der Waals surface area contributed by atoms with E-state index in [0.29, 0.717) is 10.7 Å². The summed E-state index contributed by atoms with van der Waals surface area (Å²) in [6, 6.07) is 9.96. The molecule has 0 saturated heterocycles. The van der Waals surface area contributed by atoms with Gasteiger partial charge in [-0.05, 0) is 49.2 Å². The summed E-state index contributed by atoms with van der Waals surface area (Å²) in [6.45, 7) is 3.29. The molecule has 0 aliphatic rings. The van der Waals surface area contributed by atoms with Gasteiger partial charge in [0.1, 0.15) is 10.6 Å². The molecule has 6 nitrogen and oxygen atoms in total. The summed E-state index contributed by atoms with van der Waals surface area (Å²) in [5, 5.41) is 3.17. The Morgan fingerprint density at radius 2 is 1.88 bits per heavy atom. The molecule has 0 bridgehead atoms. The fraction of sp³-hybridized carbons (Fsp3) is 0.278. The van der Waals surface area contributed by atoms with Crippen molar-refractivity contribution in [3.63, 3.8) is 0 Å². The minimum absolute atomic E-state index is 0.0219. The number of likely N-dealkylation sites (N-methyl/N-ethyl adjacent to an activating group) is 1. The van der Waals surface area contributed by atoms with Gasteiger partial charge < -0.3 is 10.1 Å². The number of benzene rings is 2. The summed E-state index contributed by atoms with van der Waals surface area (Å²) in [4.78, 5) is 12.2. The minimum Gasteiger partial charge on any atom is -0.495 e. The Morgan fingerprint density at radius 1 is 1.19 bits per heavy atom. The van der Waals surface area contributed by atoms with Crippen LogP contribution in [0.2, 0.25) is 5.02 Å². The maximum absolute atomic E-state index is 12.8. The van der Waals surface area contributed by atoms with Gasteiger partial charge in [0.15, 0.2) is 0 Å². The highest BCUT2D eigenvalue weighted by Crippen LogP contribution is 2.27. The van der Waals surface area contributed by atoms with Gasteiger partial charge in [-0.1, -0.05) is 23.7 Å². The highest BCUT2D eigenvalue weighted by molar-refractivity contribution is 7.89. The lowest BCUT2D eigenvalue weighted by Crippen LogP contribution is -2.35. The van der Waals surface area contributed by atoms with Gasteiger partial charge in [-0.2, -0.15) is 4.31 Å². The van der Waals surface area contributed by atoms with Crippen molar-refractivity contribution >= 4 is 33.2 Å². The molecule has 2 aromatic carbocycles. The van der Waals surface area contributed by atoms with Gasteiger partial charge in [0, 0.05) is 17.8 Å². The second-order valence-corrected chi connectivity index (χ2v) is 8.35. The zero-order valence-corrected chi connectivity index (χ0v) is 16.6. The average Bonchev–Trinajstić information content (AvgIpc) is 2.58. The number of nitrogens with zero attached hydrogens (tertiary/aromatic N) is 1. The number of carbonyl (C=O) groups is 1. The zero-order valence-electron chi connectivity index (χ0n) is 15.0.